The Kier molecular flexibility index (Phi) is 2.39. The Morgan fingerprint density at radius 3 is 2.46 bits per heavy atom. The van der Waals surface area contributed by atoms with Gasteiger partial charge in [-0.25, -0.2) is 0 Å². The number of hydrogen-bond acceptors (Lipinski definition) is 1. The minimum Gasteiger partial charge on any atom is -0.372 e. The number of fused-ring (bicyclic) bond motifs is 2. The molecule has 0 aromatic heterocycles. The third kappa shape index (κ3) is 1.90. The molecule has 2 rings (SSSR count). The van der Waals surface area contributed by atoms with E-state index in [9.17, 15) is 0 Å². The first kappa shape index (κ1) is 9.51. The zero-order chi connectivity index (χ0) is 9.47. The first-order valence-corrected chi connectivity index (χ1v) is 5.78. The van der Waals surface area contributed by atoms with E-state index in [0.29, 0.717) is 6.10 Å². The Balaban J connectivity index is 1.89. The smallest absolute Gasteiger partial charge is 0.0627 e. The highest BCUT2D eigenvalue weighted by molar-refractivity contribution is 4.92. The lowest BCUT2D eigenvalue weighted by Gasteiger charge is -2.32. The van der Waals surface area contributed by atoms with Crippen LogP contribution in [-0.4, -0.2) is 11.7 Å². The van der Waals surface area contributed by atoms with Crippen LogP contribution in [0.1, 0.15) is 52.9 Å². The van der Waals surface area contributed by atoms with Crippen LogP contribution in [0.25, 0.3) is 0 Å². The highest BCUT2D eigenvalue weighted by Crippen LogP contribution is 2.47. The van der Waals surface area contributed by atoms with Gasteiger partial charge >= 0.3 is 0 Å². The van der Waals surface area contributed by atoms with Crippen molar-refractivity contribution in [2.75, 3.05) is 0 Å². The van der Waals surface area contributed by atoms with Crippen LogP contribution in [0.15, 0.2) is 0 Å². The van der Waals surface area contributed by atoms with Gasteiger partial charge in [-0.2, -0.15) is 0 Å². The molecule has 0 aromatic rings. The van der Waals surface area contributed by atoms with Gasteiger partial charge in [0.05, 0.1) is 11.7 Å². The maximum Gasteiger partial charge on any atom is 0.0627 e. The number of ether oxygens (including phenoxy) is 1. The molecule has 0 radical (unpaired) electrons. The van der Waals surface area contributed by atoms with Gasteiger partial charge in [-0.1, -0.05) is 6.92 Å². The topological polar surface area (TPSA) is 9.23 Å². The Hall–Kier alpha value is -0.0400. The molecule has 0 saturated heterocycles. The normalized spacial score (nSPS) is 38.5. The Morgan fingerprint density at radius 1 is 1.23 bits per heavy atom. The molecule has 2 saturated carbocycles. The fraction of sp³-hybridized carbons (Fsp3) is 1.00. The quantitative estimate of drug-likeness (QED) is 0.650. The van der Waals surface area contributed by atoms with Crippen molar-refractivity contribution in [3.8, 4) is 0 Å². The SMILES string of the molecule is CCC(C)(C)OC1CC2CCC1C2. The van der Waals surface area contributed by atoms with Crippen LogP contribution in [0, 0.1) is 11.8 Å². The molecule has 2 aliphatic rings. The van der Waals surface area contributed by atoms with Gasteiger partial charge in [0.1, 0.15) is 0 Å². The summed E-state index contributed by atoms with van der Waals surface area (Å²) in [6, 6.07) is 0. The van der Waals surface area contributed by atoms with Crippen molar-refractivity contribution < 1.29 is 4.74 Å². The second-order valence-corrected chi connectivity index (χ2v) is 5.44. The van der Waals surface area contributed by atoms with Gasteiger partial charge in [0, 0.05) is 0 Å². The van der Waals surface area contributed by atoms with Crippen LogP contribution < -0.4 is 0 Å². The lowest BCUT2D eigenvalue weighted by Crippen LogP contribution is -2.32. The summed E-state index contributed by atoms with van der Waals surface area (Å²) in [4.78, 5) is 0. The van der Waals surface area contributed by atoms with E-state index in [0.717, 1.165) is 18.3 Å². The van der Waals surface area contributed by atoms with Gasteiger partial charge < -0.3 is 4.74 Å². The number of hydrogen-bond donors (Lipinski definition) is 0. The van der Waals surface area contributed by atoms with Crippen LogP contribution in [0.5, 0.6) is 0 Å². The lowest BCUT2D eigenvalue weighted by atomic mass is 9.96. The van der Waals surface area contributed by atoms with Gasteiger partial charge in [0.15, 0.2) is 0 Å². The fourth-order valence-corrected chi connectivity index (χ4v) is 2.82. The summed E-state index contributed by atoms with van der Waals surface area (Å²) >= 11 is 0. The summed E-state index contributed by atoms with van der Waals surface area (Å²) in [6.07, 6.45) is 7.40. The molecule has 3 atom stereocenters. The van der Waals surface area contributed by atoms with Gasteiger partial charge in [-0.3, -0.25) is 0 Å². The summed E-state index contributed by atoms with van der Waals surface area (Å²) in [5.41, 5.74) is 0.106. The molecule has 2 bridgehead atoms. The fourth-order valence-electron chi connectivity index (χ4n) is 2.82. The van der Waals surface area contributed by atoms with E-state index in [-0.39, 0.29) is 5.60 Å². The van der Waals surface area contributed by atoms with E-state index in [1.54, 1.807) is 0 Å². The molecule has 13 heavy (non-hydrogen) atoms. The monoisotopic (exact) mass is 182 g/mol. The van der Waals surface area contributed by atoms with Crippen molar-refractivity contribution in [2.24, 2.45) is 11.8 Å². The van der Waals surface area contributed by atoms with Crippen molar-refractivity contribution >= 4 is 0 Å². The summed E-state index contributed by atoms with van der Waals surface area (Å²) in [6.45, 7) is 6.66. The van der Waals surface area contributed by atoms with Gasteiger partial charge in [-0.15, -0.1) is 0 Å². The van der Waals surface area contributed by atoms with Crippen LogP contribution in [0.3, 0.4) is 0 Å². The highest BCUT2D eigenvalue weighted by Gasteiger charge is 2.41. The van der Waals surface area contributed by atoms with E-state index in [1.165, 1.54) is 25.7 Å². The van der Waals surface area contributed by atoms with Crippen molar-refractivity contribution in [1.82, 2.24) is 0 Å². The third-order valence-electron chi connectivity index (χ3n) is 4.00. The van der Waals surface area contributed by atoms with E-state index in [1.807, 2.05) is 0 Å². The van der Waals surface area contributed by atoms with Gasteiger partial charge in [-0.05, 0) is 57.8 Å². The summed E-state index contributed by atoms with van der Waals surface area (Å²) < 4.78 is 6.18. The lowest BCUT2D eigenvalue weighted by molar-refractivity contribution is -0.0936. The zero-order valence-electron chi connectivity index (χ0n) is 9.18. The number of rotatable bonds is 3. The van der Waals surface area contributed by atoms with Crippen molar-refractivity contribution in [3.63, 3.8) is 0 Å². The first-order valence-electron chi connectivity index (χ1n) is 5.78. The molecule has 0 aromatic carbocycles. The molecule has 0 aliphatic heterocycles. The second-order valence-electron chi connectivity index (χ2n) is 5.44. The van der Waals surface area contributed by atoms with E-state index < -0.39 is 0 Å². The summed E-state index contributed by atoms with van der Waals surface area (Å²) in [5, 5.41) is 0. The molecule has 1 heteroatoms. The molecule has 2 aliphatic carbocycles. The highest BCUT2D eigenvalue weighted by atomic mass is 16.5. The Bertz CT molecular complexity index is 186. The van der Waals surface area contributed by atoms with Crippen molar-refractivity contribution in [3.05, 3.63) is 0 Å². The van der Waals surface area contributed by atoms with Crippen LogP contribution >= 0.6 is 0 Å². The predicted molar refractivity (Wildman–Crippen MR) is 54.7 cm³/mol. The summed E-state index contributed by atoms with van der Waals surface area (Å²) in [7, 11) is 0. The standard InChI is InChI=1S/C12H22O/c1-4-12(2,3)13-11-8-9-5-6-10(11)7-9/h9-11H,4-8H2,1-3H3. The molecule has 0 N–H and O–H groups in total. The van der Waals surface area contributed by atoms with Crippen molar-refractivity contribution in [1.29, 1.82) is 0 Å². The zero-order valence-corrected chi connectivity index (χ0v) is 9.18. The molecule has 0 amide bonds. The molecular formula is C12H22O. The van der Waals surface area contributed by atoms with E-state index >= 15 is 0 Å². The van der Waals surface area contributed by atoms with E-state index in [4.69, 9.17) is 4.74 Å². The molecule has 2 fully saturated rings. The maximum absolute atomic E-state index is 6.18. The molecule has 76 valence electrons. The van der Waals surface area contributed by atoms with Crippen molar-refractivity contribution in [2.45, 2.75) is 64.6 Å². The minimum absolute atomic E-state index is 0.106. The summed E-state index contributed by atoms with van der Waals surface area (Å²) in [5.74, 6) is 1.90. The molecule has 3 unspecified atom stereocenters. The largest absolute Gasteiger partial charge is 0.372 e. The average Bonchev–Trinajstić information content (AvgIpc) is 2.64. The van der Waals surface area contributed by atoms with Gasteiger partial charge in [0.2, 0.25) is 0 Å². The maximum atomic E-state index is 6.18. The van der Waals surface area contributed by atoms with Crippen LogP contribution in [0.2, 0.25) is 0 Å². The Labute approximate surface area is 81.9 Å². The molecule has 0 spiro atoms. The predicted octanol–water partition coefficient (Wildman–Crippen LogP) is 3.38. The molecule has 0 heterocycles. The van der Waals surface area contributed by atoms with Gasteiger partial charge in [0.25, 0.3) is 0 Å². The molecule has 1 nitrogen and oxygen atoms in total. The van der Waals surface area contributed by atoms with Crippen LogP contribution in [0.4, 0.5) is 0 Å². The Morgan fingerprint density at radius 2 is 2.00 bits per heavy atom. The third-order valence-corrected chi connectivity index (χ3v) is 4.00. The van der Waals surface area contributed by atoms with Crippen LogP contribution in [-0.2, 0) is 4.74 Å². The second kappa shape index (κ2) is 3.27. The average molecular weight is 182 g/mol. The van der Waals surface area contributed by atoms with E-state index in [2.05, 4.69) is 20.8 Å². The first-order chi connectivity index (χ1) is 6.11. The minimum atomic E-state index is 0.106. The molecular weight excluding hydrogens is 160 g/mol.